The number of anilines is 2. The number of thiophene rings is 2. The van der Waals surface area contributed by atoms with Crippen molar-refractivity contribution in [2.24, 2.45) is 0 Å². The summed E-state index contributed by atoms with van der Waals surface area (Å²) in [5.41, 5.74) is -9.66. The maximum Gasteiger partial charge on any atom is 0.501 e. The Morgan fingerprint density at radius 3 is 1.38 bits per heavy atom. The van der Waals surface area contributed by atoms with E-state index in [2.05, 4.69) is 21.3 Å². The van der Waals surface area contributed by atoms with Gasteiger partial charge in [0.25, 0.3) is 51.5 Å². The summed E-state index contributed by atoms with van der Waals surface area (Å²) in [7, 11) is -18.6. The van der Waals surface area contributed by atoms with Crippen LogP contribution in [0.15, 0.2) is 140 Å². The average molecular weight is 1240 g/mol. The Bertz CT molecular complexity index is 3590. The van der Waals surface area contributed by atoms with Crippen LogP contribution in [-0.2, 0) is 52.8 Å². The molecule has 2 aliphatic heterocycles. The fourth-order valence-electron chi connectivity index (χ4n) is 7.94. The first-order valence-electron chi connectivity index (χ1n) is 23.2. The zero-order chi connectivity index (χ0) is 56.8. The molecule has 4 heterocycles. The summed E-state index contributed by atoms with van der Waals surface area (Å²) in [5, 5.41) is 12.4. The van der Waals surface area contributed by atoms with Crippen molar-refractivity contribution in [1.29, 1.82) is 0 Å². The highest BCUT2D eigenvalue weighted by Gasteiger charge is 2.48. The lowest BCUT2D eigenvalue weighted by Crippen LogP contribution is -2.32. The molecule has 30 heteroatoms. The fourth-order valence-corrected chi connectivity index (χ4v) is 15.7. The van der Waals surface area contributed by atoms with E-state index in [1.54, 1.807) is 60.7 Å². The lowest BCUT2D eigenvalue weighted by molar-refractivity contribution is -0.0442. The quantitative estimate of drug-likeness (QED) is 0.0665. The van der Waals surface area contributed by atoms with Gasteiger partial charge in [-0.25, -0.2) is 33.7 Å². The van der Waals surface area contributed by atoms with Crippen LogP contribution in [0.2, 0.25) is 10.0 Å². The van der Waals surface area contributed by atoms with Crippen molar-refractivity contribution >= 4 is 109 Å². The molecule has 78 heavy (non-hydrogen) atoms. The maximum atomic E-state index is 13.3. The van der Waals surface area contributed by atoms with Gasteiger partial charge in [-0.2, -0.15) is 35.0 Å². The van der Waals surface area contributed by atoms with Crippen LogP contribution >= 0.6 is 45.9 Å². The number of carbonyl (C=O) groups is 2. The molecule has 2 unspecified atom stereocenters. The summed E-state index contributed by atoms with van der Waals surface area (Å²) >= 11 is 13.7. The maximum absolute atomic E-state index is 13.3. The number of sulfonamides is 2. The van der Waals surface area contributed by atoms with E-state index in [0.717, 1.165) is 46.9 Å². The van der Waals surface area contributed by atoms with Gasteiger partial charge in [0.15, 0.2) is 0 Å². The van der Waals surface area contributed by atoms with Crippen molar-refractivity contribution in [3.05, 3.63) is 152 Å². The number of nitrogens with one attached hydrogen (secondary N) is 4. The second-order valence-corrected chi connectivity index (χ2v) is 28.9. The highest BCUT2D eigenvalue weighted by Crippen LogP contribution is 2.35. The van der Waals surface area contributed by atoms with Crippen molar-refractivity contribution in [3.8, 4) is 0 Å². The predicted octanol–water partition coefficient (Wildman–Crippen LogP) is 9.78. The van der Waals surface area contributed by atoms with Gasteiger partial charge in [-0.1, -0.05) is 35.3 Å². The zero-order valence-corrected chi connectivity index (χ0v) is 46.6. The third kappa shape index (κ3) is 14.7. The third-order valence-electron chi connectivity index (χ3n) is 12.0. The molecule has 0 spiro atoms. The summed E-state index contributed by atoms with van der Waals surface area (Å²) in [4.78, 5) is 24.1. The number of sulfone groups is 2. The first-order valence-corrected chi connectivity index (χ1v) is 31.4. The second kappa shape index (κ2) is 24.6. The number of nitrogens with zero attached hydrogens (tertiary/aromatic N) is 2. The summed E-state index contributed by atoms with van der Waals surface area (Å²) in [6, 6.07) is 27.0. The Kier molecular flexibility index (Phi) is 19.0. The van der Waals surface area contributed by atoms with Gasteiger partial charge in [-0.3, -0.25) is 9.59 Å². The smallest absolute Gasteiger partial charge is 0.382 e. The van der Waals surface area contributed by atoms with Crippen LogP contribution in [0.25, 0.3) is 0 Å². The Morgan fingerprint density at radius 1 is 0.526 bits per heavy atom. The number of alkyl halides is 6. The molecule has 2 aromatic heterocycles. The van der Waals surface area contributed by atoms with Gasteiger partial charge >= 0.3 is 11.0 Å². The molecule has 2 aliphatic rings. The van der Waals surface area contributed by atoms with Crippen molar-refractivity contribution in [3.63, 3.8) is 0 Å². The van der Waals surface area contributed by atoms with Crippen LogP contribution in [0, 0.1) is 0 Å². The van der Waals surface area contributed by atoms with Gasteiger partial charge in [0.1, 0.15) is 8.42 Å². The number of amides is 2. The lowest BCUT2D eigenvalue weighted by Gasteiger charge is -2.20. The van der Waals surface area contributed by atoms with E-state index in [9.17, 15) is 69.6 Å². The van der Waals surface area contributed by atoms with Gasteiger partial charge in [0.05, 0.1) is 22.9 Å². The number of benzene rings is 4. The van der Waals surface area contributed by atoms with E-state index in [1.807, 2.05) is 0 Å². The molecule has 2 atom stereocenters. The first kappa shape index (κ1) is 60.3. The van der Waals surface area contributed by atoms with Gasteiger partial charge in [0, 0.05) is 80.6 Å². The molecular formula is C48H46Cl2F6N6O10S6. The van der Waals surface area contributed by atoms with Gasteiger partial charge in [-0.05, 0) is 135 Å². The van der Waals surface area contributed by atoms with Crippen LogP contribution in [-0.4, -0.2) is 103 Å². The van der Waals surface area contributed by atoms with Gasteiger partial charge in [0.2, 0.25) is 0 Å². The predicted molar refractivity (Wildman–Crippen MR) is 284 cm³/mol. The minimum atomic E-state index is -5.50. The monoisotopic (exact) mass is 1240 g/mol. The molecule has 0 radical (unpaired) electrons. The van der Waals surface area contributed by atoms with Crippen molar-refractivity contribution in [2.75, 3.05) is 36.8 Å². The van der Waals surface area contributed by atoms with Gasteiger partial charge < -0.3 is 21.3 Å². The minimum absolute atomic E-state index is 0.0408. The number of rotatable bonds is 16. The first-order chi connectivity index (χ1) is 36.5. The molecule has 420 valence electrons. The minimum Gasteiger partial charge on any atom is -0.382 e. The lowest BCUT2D eigenvalue weighted by atomic mass is 10.1. The van der Waals surface area contributed by atoms with Crippen molar-refractivity contribution in [2.45, 2.75) is 80.1 Å². The number of halogens is 8. The summed E-state index contributed by atoms with van der Waals surface area (Å²) in [6.07, 6.45) is 1.76. The van der Waals surface area contributed by atoms with E-state index in [-0.39, 0.29) is 76.9 Å². The molecule has 0 aliphatic carbocycles. The number of hydrogen-bond acceptors (Lipinski definition) is 14. The molecule has 16 nitrogen and oxygen atoms in total. The molecule has 8 rings (SSSR count). The largest absolute Gasteiger partial charge is 0.501 e. The fraction of sp³-hybridized carbons (Fsp3) is 0.292. The second-order valence-electron chi connectivity index (χ2n) is 17.4. The SMILES string of the molecule is O=C(NCc1ccc(S(=O)(=O)N2CCC(Nc3cccc(S(=O)(=O)C(F)(F)F)c3)C2)s1)c1ccc(Cl)cc1.O=C(NCc1ccc(S(=O)(=O)N2CCCC(Nc3cccc(S(=O)(=O)C(F)(F)F)c3)CC2)s1)c1ccc(Cl)cc1. The average Bonchev–Trinajstić information content (AvgIpc) is 4.17. The Morgan fingerprint density at radius 2 is 0.936 bits per heavy atom. The topological polar surface area (TPSA) is 225 Å². The third-order valence-corrected chi connectivity index (χ3v) is 22.3. The molecule has 4 aromatic carbocycles. The highest BCUT2D eigenvalue weighted by molar-refractivity contribution is 7.93. The molecule has 6 aromatic rings. The standard InChI is InChI=1S/C25H25ClF3N3O5S3.C23H21ClF3N3O5S3/c26-18-8-6-17(7-9-18)24(33)30-16-21-10-11-23(38-21)40(36,37)32-13-2-4-19(12-14-32)31-20-3-1-5-22(15-20)39(34,35)25(27,28)29;24-16-6-4-15(5-7-16)22(31)28-13-19-8-9-21(36-19)38(34,35)30-11-10-18(14-30)29-17-2-1-3-20(12-17)37(32,33)23(25,26)27/h1,3,5-11,15,19,31H,2,4,12-14,16H2,(H,30,33);1-9,12,18,29H,10-11,13-14H2,(H,28,31). The van der Waals surface area contributed by atoms with Gasteiger partial charge in [-0.15, -0.1) is 22.7 Å². The van der Waals surface area contributed by atoms with E-state index in [0.29, 0.717) is 56.6 Å². The summed E-state index contributed by atoms with van der Waals surface area (Å²) in [5.74, 6) is -0.651. The van der Waals surface area contributed by atoms with E-state index in [1.165, 1.54) is 45.0 Å². The van der Waals surface area contributed by atoms with Crippen molar-refractivity contribution in [1.82, 2.24) is 19.2 Å². The van der Waals surface area contributed by atoms with E-state index < -0.39 is 66.6 Å². The molecular weight excluding hydrogens is 1200 g/mol. The molecule has 2 saturated heterocycles. The Balaban J connectivity index is 0.000000226. The molecule has 0 saturated carbocycles. The molecule has 4 N–H and O–H groups in total. The van der Waals surface area contributed by atoms with Crippen LogP contribution in [0.4, 0.5) is 37.7 Å². The molecule has 2 fully saturated rings. The summed E-state index contributed by atoms with van der Waals surface area (Å²) < 4.78 is 180. The van der Waals surface area contributed by atoms with Crippen LogP contribution in [0.1, 0.15) is 56.2 Å². The van der Waals surface area contributed by atoms with Crippen LogP contribution in [0.3, 0.4) is 0 Å². The highest BCUT2D eigenvalue weighted by atomic mass is 35.5. The van der Waals surface area contributed by atoms with Crippen molar-refractivity contribution < 1.29 is 69.6 Å². The molecule has 2 amide bonds. The number of hydrogen-bond donors (Lipinski definition) is 4. The molecule has 0 bridgehead atoms. The van der Waals surface area contributed by atoms with E-state index >= 15 is 0 Å². The van der Waals surface area contributed by atoms with Crippen LogP contribution in [0.5, 0.6) is 0 Å². The summed E-state index contributed by atoms with van der Waals surface area (Å²) in [6.45, 7) is 0.907. The normalized spacial score (nSPS) is 17.1. The number of carbonyl (C=O) groups excluding carboxylic acids is 2. The Labute approximate surface area is 463 Å². The zero-order valence-electron chi connectivity index (χ0n) is 40.2. The van der Waals surface area contributed by atoms with Crippen LogP contribution < -0.4 is 21.3 Å². The Hall–Kier alpha value is -5.30. The van der Waals surface area contributed by atoms with E-state index in [4.69, 9.17) is 23.2 Å².